The van der Waals surface area contributed by atoms with Crippen LogP contribution in [0.5, 0.6) is 0 Å². The summed E-state index contributed by atoms with van der Waals surface area (Å²) in [6, 6.07) is 14.7. The van der Waals surface area contributed by atoms with Crippen LogP contribution < -0.4 is 10.6 Å². The largest absolute Gasteiger partial charge is 0.366 e. The van der Waals surface area contributed by atoms with Crippen LogP contribution in [0.1, 0.15) is 27.2 Å². The van der Waals surface area contributed by atoms with Gasteiger partial charge in [-0.3, -0.25) is 4.79 Å². The minimum absolute atomic E-state index is 0.194. The van der Waals surface area contributed by atoms with E-state index in [1.165, 1.54) is 6.07 Å². The second-order valence-electron chi connectivity index (χ2n) is 6.53. The predicted octanol–water partition coefficient (Wildman–Crippen LogP) is 3.49. The molecule has 0 unspecified atom stereocenters. The summed E-state index contributed by atoms with van der Waals surface area (Å²) in [5.74, 6) is 0.683. The molecule has 5 nitrogen and oxygen atoms in total. The van der Waals surface area contributed by atoms with Crippen molar-refractivity contribution in [1.29, 1.82) is 0 Å². The number of benzene rings is 2. The summed E-state index contributed by atoms with van der Waals surface area (Å²) >= 11 is 0. The molecule has 1 aliphatic heterocycles. The van der Waals surface area contributed by atoms with E-state index in [4.69, 9.17) is 0 Å². The Morgan fingerprint density at radius 2 is 1.96 bits per heavy atom. The van der Waals surface area contributed by atoms with Crippen LogP contribution in [-0.4, -0.2) is 22.4 Å². The molecule has 0 aliphatic carbocycles. The molecule has 0 saturated heterocycles. The lowest BCUT2D eigenvalue weighted by Gasteiger charge is -2.20. The summed E-state index contributed by atoms with van der Waals surface area (Å²) in [5, 5.41) is 6.09. The highest BCUT2D eigenvalue weighted by Crippen LogP contribution is 2.25. The van der Waals surface area contributed by atoms with Gasteiger partial charge in [-0.1, -0.05) is 42.5 Å². The number of nitrogens with zero attached hydrogens (tertiary/aromatic N) is 2. The molecule has 0 spiro atoms. The zero-order valence-corrected chi connectivity index (χ0v) is 14.9. The predicted molar refractivity (Wildman–Crippen MR) is 102 cm³/mol. The molecule has 0 radical (unpaired) electrons. The highest BCUT2D eigenvalue weighted by atomic mass is 19.1. The van der Waals surface area contributed by atoms with Gasteiger partial charge >= 0.3 is 0 Å². The maximum Gasteiger partial charge on any atom is 0.270 e. The molecular weight excluding hydrogens is 343 g/mol. The van der Waals surface area contributed by atoms with Crippen LogP contribution in [-0.2, 0) is 13.0 Å². The van der Waals surface area contributed by atoms with E-state index in [0.717, 1.165) is 16.7 Å². The van der Waals surface area contributed by atoms with Crippen LogP contribution >= 0.6 is 0 Å². The summed E-state index contributed by atoms with van der Waals surface area (Å²) in [5.41, 5.74) is 3.45. The van der Waals surface area contributed by atoms with Crippen LogP contribution in [0.3, 0.4) is 0 Å². The number of anilines is 1. The topological polar surface area (TPSA) is 66.9 Å². The molecule has 0 saturated carbocycles. The number of amides is 1. The van der Waals surface area contributed by atoms with Gasteiger partial charge in [-0.05, 0) is 30.5 Å². The fourth-order valence-electron chi connectivity index (χ4n) is 3.09. The molecule has 1 amide bonds. The van der Waals surface area contributed by atoms with Gasteiger partial charge in [0.15, 0.2) is 5.82 Å². The Labute approximate surface area is 156 Å². The van der Waals surface area contributed by atoms with E-state index in [1.54, 1.807) is 13.0 Å². The van der Waals surface area contributed by atoms with Crippen molar-refractivity contribution >= 4 is 11.7 Å². The number of hydrogen-bond acceptors (Lipinski definition) is 4. The van der Waals surface area contributed by atoms with Gasteiger partial charge in [0.1, 0.15) is 17.3 Å². The van der Waals surface area contributed by atoms with Crippen LogP contribution in [0.2, 0.25) is 0 Å². The second kappa shape index (κ2) is 7.15. The molecule has 0 atom stereocenters. The first kappa shape index (κ1) is 17.1. The molecular formula is C21H19FN4O. The first-order valence-corrected chi connectivity index (χ1v) is 8.85. The number of fused-ring (bicyclic) bond motifs is 1. The quantitative estimate of drug-likeness (QED) is 0.746. The van der Waals surface area contributed by atoms with E-state index >= 15 is 0 Å². The molecule has 2 aromatic carbocycles. The fourth-order valence-corrected chi connectivity index (χ4v) is 3.09. The van der Waals surface area contributed by atoms with Crippen molar-refractivity contribution in [2.45, 2.75) is 19.9 Å². The summed E-state index contributed by atoms with van der Waals surface area (Å²) < 4.78 is 13.8. The maximum atomic E-state index is 13.8. The second-order valence-corrected chi connectivity index (χ2v) is 6.53. The lowest BCUT2D eigenvalue weighted by atomic mass is 10.1. The Morgan fingerprint density at radius 3 is 2.74 bits per heavy atom. The van der Waals surface area contributed by atoms with Crippen molar-refractivity contribution in [3.05, 3.63) is 76.7 Å². The normalized spacial score (nSPS) is 13.0. The zero-order valence-electron chi connectivity index (χ0n) is 14.9. The Hall–Kier alpha value is -3.28. The van der Waals surface area contributed by atoms with E-state index in [1.807, 2.05) is 36.4 Å². The molecule has 2 heterocycles. The number of hydrogen-bond donors (Lipinski definition) is 2. The number of halogens is 1. The minimum atomic E-state index is -0.233. The van der Waals surface area contributed by atoms with Crippen LogP contribution in [0.4, 0.5) is 10.2 Å². The highest BCUT2D eigenvalue weighted by molar-refractivity contribution is 5.96. The smallest absolute Gasteiger partial charge is 0.270 e. The number of nitrogens with one attached hydrogen (secondary N) is 2. The van der Waals surface area contributed by atoms with Crippen LogP contribution in [0.15, 0.2) is 48.5 Å². The molecule has 2 N–H and O–H groups in total. The number of aromatic nitrogens is 2. The zero-order chi connectivity index (χ0) is 18.8. The molecule has 27 heavy (non-hydrogen) atoms. The SMILES string of the molecule is Cc1ccc(CNc2nc(-c3ccccc3)nc3c2CCNC3=O)cc1F. The van der Waals surface area contributed by atoms with Gasteiger partial charge in [-0.2, -0.15) is 0 Å². The van der Waals surface area contributed by atoms with Crippen molar-refractivity contribution in [2.24, 2.45) is 0 Å². The van der Waals surface area contributed by atoms with Crippen molar-refractivity contribution in [1.82, 2.24) is 15.3 Å². The van der Waals surface area contributed by atoms with Gasteiger partial charge < -0.3 is 10.6 Å². The Bertz CT molecular complexity index is 1000. The average Bonchev–Trinajstić information content (AvgIpc) is 2.70. The third kappa shape index (κ3) is 3.51. The molecule has 4 rings (SSSR count). The Morgan fingerprint density at radius 1 is 1.15 bits per heavy atom. The summed E-state index contributed by atoms with van der Waals surface area (Å²) in [7, 11) is 0. The molecule has 0 fully saturated rings. The van der Waals surface area contributed by atoms with Gasteiger partial charge in [0, 0.05) is 24.2 Å². The molecule has 6 heteroatoms. The number of aryl methyl sites for hydroxylation is 1. The standard InChI is InChI=1S/C21H19FN4O/c1-13-7-8-14(11-17(13)22)12-24-20-16-9-10-23-21(27)18(16)25-19(26-20)15-5-3-2-4-6-15/h2-8,11H,9-10,12H2,1H3,(H,23,27)(H,24,25,26). The van der Waals surface area contributed by atoms with Gasteiger partial charge in [-0.15, -0.1) is 0 Å². The Kier molecular flexibility index (Phi) is 4.54. The molecule has 136 valence electrons. The van der Waals surface area contributed by atoms with Crippen LogP contribution in [0, 0.1) is 12.7 Å². The minimum Gasteiger partial charge on any atom is -0.366 e. The van der Waals surface area contributed by atoms with E-state index in [-0.39, 0.29) is 11.7 Å². The van der Waals surface area contributed by atoms with Gasteiger partial charge in [-0.25, -0.2) is 14.4 Å². The Balaban J connectivity index is 1.71. The van der Waals surface area contributed by atoms with E-state index in [9.17, 15) is 9.18 Å². The monoisotopic (exact) mass is 362 g/mol. The van der Waals surface area contributed by atoms with E-state index < -0.39 is 0 Å². The van der Waals surface area contributed by atoms with Gasteiger partial charge in [0.05, 0.1) is 0 Å². The number of rotatable bonds is 4. The fraction of sp³-hybridized carbons (Fsp3) is 0.190. The first-order valence-electron chi connectivity index (χ1n) is 8.85. The highest BCUT2D eigenvalue weighted by Gasteiger charge is 2.24. The molecule has 1 aliphatic rings. The van der Waals surface area contributed by atoms with E-state index in [2.05, 4.69) is 20.6 Å². The summed E-state index contributed by atoms with van der Waals surface area (Å²) in [4.78, 5) is 21.4. The molecule has 1 aromatic heterocycles. The third-order valence-corrected chi connectivity index (χ3v) is 4.61. The molecule has 3 aromatic rings. The average molecular weight is 362 g/mol. The van der Waals surface area contributed by atoms with Crippen LogP contribution in [0.25, 0.3) is 11.4 Å². The summed E-state index contributed by atoms with van der Waals surface area (Å²) in [6.07, 6.45) is 0.654. The number of carbonyl (C=O) groups is 1. The number of carbonyl (C=O) groups excluding carboxylic acids is 1. The lowest BCUT2D eigenvalue weighted by Crippen LogP contribution is -2.34. The third-order valence-electron chi connectivity index (χ3n) is 4.61. The van der Waals surface area contributed by atoms with Crippen molar-refractivity contribution in [3.63, 3.8) is 0 Å². The maximum absolute atomic E-state index is 13.8. The van der Waals surface area contributed by atoms with Gasteiger partial charge in [0.25, 0.3) is 5.91 Å². The van der Waals surface area contributed by atoms with E-state index in [0.29, 0.717) is 42.4 Å². The van der Waals surface area contributed by atoms with Crippen molar-refractivity contribution < 1.29 is 9.18 Å². The lowest BCUT2D eigenvalue weighted by molar-refractivity contribution is 0.0940. The van der Waals surface area contributed by atoms with Crippen molar-refractivity contribution in [2.75, 3.05) is 11.9 Å². The molecule has 0 bridgehead atoms. The van der Waals surface area contributed by atoms with Crippen molar-refractivity contribution in [3.8, 4) is 11.4 Å². The first-order chi connectivity index (χ1) is 13.1. The summed E-state index contributed by atoms with van der Waals surface area (Å²) in [6.45, 7) is 2.70. The van der Waals surface area contributed by atoms with Gasteiger partial charge in [0.2, 0.25) is 0 Å².